The Morgan fingerprint density at radius 3 is 0.667 bits per heavy atom. The molecule has 7 rings (SSSR count). The smallest absolute Gasteiger partial charge is 0.164 e. The summed E-state index contributed by atoms with van der Waals surface area (Å²) < 4.78 is 0. The van der Waals surface area contributed by atoms with Gasteiger partial charge in [0.15, 0.2) is 17.5 Å². The fraction of sp³-hybridized carbons (Fsp3) is 0.133. The Kier molecular flexibility index (Phi) is 8.29. The lowest BCUT2D eigenvalue weighted by Crippen LogP contribution is -2.00. The van der Waals surface area contributed by atoms with Gasteiger partial charge >= 0.3 is 0 Å². The van der Waals surface area contributed by atoms with Crippen LogP contribution in [0.25, 0.3) is 67.5 Å². The van der Waals surface area contributed by atoms with E-state index in [2.05, 4.69) is 169 Å². The van der Waals surface area contributed by atoms with Gasteiger partial charge in [-0.1, -0.05) is 127 Å². The highest BCUT2D eigenvalue weighted by Gasteiger charge is 2.14. The minimum Gasteiger partial charge on any atom is -0.208 e. The van der Waals surface area contributed by atoms with E-state index in [9.17, 15) is 0 Å². The van der Waals surface area contributed by atoms with Crippen molar-refractivity contribution < 1.29 is 0 Å². The molecule has 0 saturated heterocycles. The van der Waals surface area contributed by atoms with Crippen LogP contribution in [0.1, 0.15) is 33.4 Å². The van der Waals surface area contributed by atoms with E-state index in [1.807, 2.05) is 0 Å². The molecule has 0 radical (unpaired) electrons. The molecule has 0 saturated carbocycles. The Labute approximate surface area is 284 Å². The third-order valence-corrected chi connectivity index (χ3v) is 9.59. The first kappa shape index (κ1) is 31.0. The van der Waals surface area contributed by atoms with Crippen LogP contribution in [0.4, 0.5) is 0 Å². The molecule has 0 aliphatic heterocycles. The van der Waals surface area contributed by atoms with E-state index in [1.165, 1.54) is 66.8 Å². The summed E-state index contributed by atoms with van der Waals surface area (Å²) in [5, 5.41) is 0. The first-order valence-electron chi connectivity index (χ1n) is 16.5. The summed E-state index contributed by atoms with van der Waals surface area (Å²) in [5.41, 5.74) is 17.7. The topological polar surface area (TPSA) is 38.7 Å². The van der Waals surface area contributed by atoms with E-state index in [-0.39, 0.29) is 0 Å². The molecule has 3 nitrogen and oxygen atoms in total. The Morgan fingerprint density at radius 2 is 0.438 bits per heavy atom. The predicted molar refractivity (Wildman–Crippen MR) is 201 cm³/mol. The summed E-state index contributed by atoms with van der Waals surface area (Å²) in [6, 6.07) is 45.4. The molecule has 0 aliphatic rings. The Balaban J connectivity index is 1.28. The van der Waals surface area contributed by atoms with Crippen molar-refractivity contribution in [3.63, 3.8) is 0 Å². The van der Waals surface area contributed by atoms with Crippen LogP contribution < -0.4 is 0 Å². The van der Waals surface area contributed by atoms with E-state index in [0.29, 0.717) is 17.5 Å². The highest BCUT2D eigenvalue weighted by atomic mass is 15.0. The maximum absolute atomic E-state index is 5.02. The van der Waals surface area contributed by atoms with Gasteiger partial charge in [-0.25, -0.2) is 15.0 Å². The number of aromatic nitrogens is 3. The maximum Gasteiger partial charge on any atom is 0.164 e. The fourth-order valence-corrected chi connectivity index (χ4v) is 5.96. The SMILES string of the molecule is Cc1ccc(-c2ccc(-c3nc(-c4ccc(-c5ccc(C)c(C)c5)cc4)nc(-c4ccc(-c5ccc(C)c(C)c5)cc4)n3)cc2)cc1C. The Hall–Kier alpha value is -5.67. The number of hydrogen-bond acceptors (Lipinski definition) is 3. The van der Waals surface area contributed by atoms with Gasteiger partial charge in [-0.05, 0) is 108 Å². The first-order chi connectivity index (χ1) is 23.2. The van der Waals surface area contributed by atoms with E-state index in [0.717, 1.165) is 16.7 Å². The molecule has 6 aromatic carbocycles. The molecule has 7 aromatic rings. The molecule has 1 heterocycles. The second-order valence-corrected chi connectivity index (χ2v) is 12.9. The van der Waals surface area contributed by atoms with Gasteiger partial charge in [-0.2, -0.15) is 0 Å². The highest BCUT2D eigenvalue weighted by molar-refractivity contribution is 5.74. The number of benzene rings is 6. The molecule has 0 spiro atoms. The van der Waals surface area contributed by atoms with Gasteiger partial charge < -0.3 is 0 Å². The third-order valence-electron chi connectivity index (χ3n) is 9.59. The summed E-state index contributed by atoms with van der Waals surface area (Å²) in [6.07, 6.45) is 0. The average molecular weight is 622 g/mol. The van der Waals surface area contributed by atoms with Crippen molar-refractivity contribution in [1.29, 1.82) is 0 Å². The molecule has 0 amide bonds. The second kappa shape index (κ2) is 12.8. The molecule has 0 atom stereocenters. The average Bonchev–Trinajstić information content (AvgIpc) is 3.12. The molecule has 0 fully saturated rings. The van der Waals surface area contributed by atoms with Crippen molar-refractivity contribution in [3.05, 3.63) is 161 Å². The zero-order valence-electron chi connectivity index (χ0n) is 28.5. The highest BCUT2D eigenvalue weighted by Crippen LogP contribution is 2.31. The molecule has 1 aromatic heterocycles. The van der Waals surface area contributed by atoms with Gasteiger partial charge in [0.2, 0.25) is 0 Å². The van der Waals surface area contributed by atoms with Crippen LogP contribution in [-0.4, -0.2) is 15.0 Å². The van der Waals surface area contributed by atoms with Crippen molar-refractivity contribution in [2.24, 2.45) is 0 Å². The minimum atomic E-state index is 0.651. The summed E-state index contributed by atoms with van der Waals surface area (Å²) >= 11 is 0. The van der Waals surface area contributed by atoms with Crippen LogP contribution in [0, 0.1) is 41.5 Å². The van der Waals surface area contributed by atoms with Crippen molar-refractivity contribution in [2.75, 3.05) is 0 Å². The van der Waals surface area contributed by atoms with Gasteiger partial charge in [0, 0.05) is 16.7 Å². The zero-order chi connectivity index (χ0) is 33.4. The largest absolute Gasteiger partial charge is 0.208 e. The van der Waals surface area contributed by atoms with Crippen molar-refractivity contribution in [3.8, 4) is 67.5 Å². The molecule has 0 bridgehead atoms. The number of aryl methyl sites for hydroxylation is 6. The Morgan fingerprint density at radius 1 is 0.229 bits per heavy atom. The summed E-state index contributed by atoms with van der Waals surface area (Å²) in [4.78, 5) is 15.0. The van der Waals surface area contributed by atoms with Crippen LogP contribution in [0.2, 0.25) is 0 Å². The fourth-order valence-electron chi connectivity index (χ4n) is 5.96. The Bertz CT molecular complexity index is 1990. The molecular formula is C45H39N3. The number of nitrogens with zero attached hydrogens (tertiary/aromatic N) is 3. The van der Waals surface area contributed by atoms with Crippen LogP contribution in [-0.2, 0) is 0 Å². The first-order valence-corrected chi connectivity index (χ1v) is 16.5. The molecular weight excluding hydrogens is 583 g/mol. The van der Waals surface area contributed by atoms with E-state index >= 15 is 0 Å². The third kappa shape index (κ3) is 6.32. The quantitative estimate of drug-likeness (QED) is 0.185. The summed E-state index contributed by atoms with van der Waals surface area (Å²) in [5.74, 6) is 1.95. The van der Waals surface area contributed by atoms with Gasteiger partial charge in [-0.3, -0.25) is 0 Å². The van der Waals surface area contributed by atoms with Gasteiger partial charge in [-0.15, -0.1) is 0 Å². The normalized spacial score (nSPS) is 11.1. The molecule has 0 unspecified atom stereocenters. The van der Waals surface area contributed by atoms with E-state index < -0.39 is 0 Å². The molecule has 3 heteroatoms. The van der Waals surface area contributed by atoms with Gasteiger partial charge in [0.1, 0.15) is 0 Å². The van der Waals surface area contributed by atoms with Gasteiger partial charge in [0.05, 0.1) is 0 Å². The lowest BCUT2D eigenvalue weighted by Gasteiger charge is -2.11. The summed E-state index contributed by atoms with van der Waals surface area (Å²) in [6.45, 7) is 12.9. The van der Waals surface area contributed by atoms with Crippen molar-refractivity contribution >= 4 is 0 Å². The zero-order valence-corrected chi connectivity index (χ0v) is 28.5. The lowest BCUT2D eigenvalue weighted by molar-refractivity contribution is 1.07. The van der Waals surface area contributed by atoms with Crippen LogP contribution in [0.3, 0.4) is 0 Å². The molecule has 0 aliphatic carbocycles. The number of rotatable bonds is 6. The van der Waals surface area contributed by atoms with Crippen LogP contribution in [0.5, 0.6) is 0 Å². The van der Waals surface area contributed by atoms with Crippen molar-refractivity contribution in [2.45, 2.75) is 41.5 Å². The van der Waals surface area contributed by atoms with E-state index in [1.54, 1.807) is 0 Å². The van der Waals surface area contributed by atoms with Crippen LogP contribution >= 0.6 is 0 Å². The monoisotopic (exact) mass is 621 g/mol. The summed E-state index contributed by atoms with van der Waals surface area (Å²) in [7, 11) is 0. The standard InChI is InChI=1S/C45H39N3/c1-28-7-10-40(25-31(28)4)34-13-19-37(20-14-34)43-46-44(38-21-15-35(16-22-38)41-11-8-29(2)32(5)26-41)48-45(47-43)39-23-17-36(18-24-39)42-12-9-30(3)33(6)27-42/h7-27H,1-6H3. The lowest BCUT2D eigenvalue weighted by atomic mass is 9.99. The molecule has 234 valence electrons. The molecule has 0 N–H and O–H groups in total. The number of hydrogen-bond donors (Lipinski definition) is 0. The minimum absolute atomic E-state index is 0.651. The van der Waals surface area contributed by atoms with Crippen LogP contribution in [0.15, 0.2) is 127 Å². The van der Waals surface area contributed by atoms with Crippen molar-refractivity contribution in [1.82, 2.24) is 15.0 Å². The van der Waals surface area contributed by atoms with E-state index in [4.69, 9.17) is 15.0 Å². The molecule has 48 heavy (non-hydrogen) atoms. The second-order valence-electron chi connectivity index (χ2n) is 12.9. The van der Waals surface area contributed by atoms with Gasteiger partial charge in [0.25, 0.3) is 0 Å². The predicted octanol–water partition coefficient (Wildman–Crippen LogP) is 11.7. The maximum atomic E-state index is 5.02.